The van der Waals surface area contributed by atoms with Crippen LogP contribution in [0.25, 0.3) is 0 Å². The predicted octanol–water partition coefficient (Wildman–Crippen LogP) is -0.352. The Bertz CT molecular complexity index is 439. The molecule has 0 aliphatic carbocycles. The fraction of sp³-hybridized carbons (Fsp3) is 0.462. The first-order valence-electron chi connectivity index (χ1n) is 6.00. The van der Waals surface area contributed by atoms with Crippen molar-refractivity contribution in [3.05, 3.63) is 17.7 Å². The van der Waals surface area contributed by atoms with Crippen LogP contribution in [0, 0.1) is 0 Å². The van der Waals surface area contributed by atoms with E-state index in [4.69, 9.17) is 19.9 Å². The minimum Gasteiger partial charge on any atom is -0.493 e. The third kappa shape index (κ3) is 4.01. The second-order valence-electron chi connectivity index (χ2n) is 4.08. The zero-order valence-corrected chi connectivity index (χ0v) is 11.8. The molecule has 0 aliphatic heterocycles. The first-order chi connectivity index (χ1) is 9.53. The average Bonchev–Trinajstić information content (AvgIpc) is 2.45. The van der Waals surface area contributed by atoms with E-state index in [1.165, 1.54) is 21.3 Å². The van der Waals surface area contributed by atoms with Crippen molar-refractivity contribution < 1.29 is 24.1 Å². The Morgan fingerprint density at radius 1 is 1.25 bits per heavy atom. The fourth-order valence-electron chi connectivity index (χ4n) is 1.69. The van der Waals surface area contributed by atoms with Gasteiger partial charge in [0.2, 0.25) is 11.7 Å². The molecule has 1 aromatic carbocycles. The second-order valence-corrected chi connectivity index (χ2v) is 4.08. The molecule has 0 aromatic heterocycles. The first-order valence-corrected chi connectivity index (χ1v) is 6.00. The molecule has 1 aromatic rings. The lowest BCUT2D eigenvalue weighted by molar-refractivity contribution is -0.125. The van der Waals surface area contributed by atoms with E-state index >= 15 is 0 Å². The Morgan fingerprint density at radius 2 is 1.80 bits per heavy atom. The van der Waals surface area contributed by atoms with Crippen molar-refractivity contribution in [2.75, 3.05) is 27.9 Å². The van der Waals surface area contributed by atoms with E-state index < -0.39 is 12.0 Å². The van der Waals surface area contributed by atoms with Crippen LogP contribution >= 0.6 is 0 Å². The Hall–Kier alpha value is -1.99. The summed E-state index contributed by atoms with van der Waals surface area (Å²) in [6.07, 6.45) is -1.21. The van der Waals surface area contributed by atoms with Crippen LogP contribution in [-0.4, -0.2) is 45.0 Å². The van der Waals surface area contributed by atoms with Crippen molar-refractivity contribution >= 4 is 5.91 Å². The Kier molecular flexibility index (Phi) is 6.08. The number of amides is 1. The van der Waals surface area contributed by atoms with Crippen LogP contribution in [0.5, 0.6) is 17.2 Å². The van der Waals surface area contributed by atoms with Crippen molar-refractivity contribution in [1.82, 2.24) is 5.32 Å². The molecule has 20 heavy (non-hydrogen) atoms. The number of benzene rings is 1. The van der Waals surface area contributed by atoms with Gasteiger partial charge in [0, 0.05) is 13.1 Å². The summed E-state index contributed by atoms with van der Waals surface area (Å²) in [5.74, 6) is 0.830. The van der Waals surface area contributed by atoms with E-state index in [-0.39, 0.29) is 6.54 Å². The number of primary amides is 1. The van der Waals surface area contributed by atoms with E-state index in [2.05, 4.69) is 5.32 Å². The number of aliphatic hydroxyl groups excluding tert-OH is 1. The number of rotatable bonds is 8. The van der Waals surface area contributed by atoms with Crippen molar-refractivity contribution in [2.45, 2.75) is 12.6 Å². The monoisotopic (exact) mass is 284 g/mol. The number of hydrogen-bond acceptors (Lipinski definition) is 6. The van der Waals surface area contributed by atoms with Crippen molar-refractivity contribution in [1.29, 1.82) is 0 Å². The molecule has 0 aliphatic rings. The van der Waals surface area contributed by atoms with Gasteiger partial charge in [-0.2, -0.15) is 0 Å². The zero-order valence-electron chi connectivity index (χ0n) is 11.8. The molecule has 7 nitrogen and oxygen atoms in total. The molecular formula is C13H20N2O5. The lowest BCUT2D eigenvalue weighted by Gasteiger charge is -2.15. The molecule has 0 radical (unpaired) electrons. The molecule has 1 unspecified atom stereocenters. The molecule has 1 amide bonds. The van der Waals surface area contributed by atoms with E-state index in [9.17, 15) is 9.90 Å². The van der Waals surface area contributed by atoms with Crippen LogP contribution in [0.2, 0.25) is 0 Å². The largest absolute Gasteiger partial charge is 0.493 e. The van der Waals surface area contributed by atoms with Crippen LogP contribution in [0.15, 0.2) is 12.1 Å². The normalized spacial score (nSPS) is 11.8. The average molecular weight is 284 g/mol. The van der Waals surface area contributed by atoms with Gasteiger partial charge < -0.3 is 30.4 Å². The van der Waals surface area contributed by atoms with Gasteiger partial charge in [-0.15, -0.1) is 0 Å². The maximum Gasteiger partial charge on any atom is 0.247 e. The molecule has 7 heteroatoms. The smallest absolute Gasteiger partial charge is 0.247 e. The van der Waals surface area contributed by atoms with Crippen LogP contribution < -0.4 is 25.3 Å². The highest BCUT2D eigenvalue weighted by atomic mass is 16.5. The van der Waals surface area contributed by atoms with E-state index in [1.54, 1.807) is 12.1 Å². The number of carbonyl (C=O) groups is 1. The van der Waals surface area contributed by atoms with Crippen LogP contribution in [-0.2, 0) is 11.3 Å². The summed E-state index contributed by atoms with van der Waals surface area (Å²) < 4.78 is 15.7. The topological polar surface area (TPSA) is 103 Å². The molecule has 4 N–H and O–H groups in total. The van der Waals surface area contributed by atoms with E-state index in [0.29, 0.717) is 23.8 Å². The van der Waals surface area contributed by atoms with Crippen molar-refractivity contribution in [2.24, 2.45) is 5.73 Å². The third-order valence-electron chi connectivity index (χ3n) is 2.72. The first kappa shape index (κ1) is 16.1. The fourth-order valence-corrected chi connectivity index (χ4v) is 1.69. The summed E-state index contributed by atoms with van der Waals surface area (Å²) in [7, 11) is 4.60. The van der Waals surface area contributed by atoms with E-state index in [1.807, 2.05) is 0 Å². The van der Waals surface area contributed by atoms with Crippen molar-refractivity contribution in [3.63, 3.8) is 0 Å². The molecular weight excluding hydrogens is 264 g/mol. The number of aliphatic hydroxyl groups is 1. The minimum absolute atomic E-state index is 0.0754. The standard InChI is InChI=1S/C13H20N2O5/c1-18-10-4-8(5-11(19-2)12(10)20-3)6-15-7-9(16)13(14)17/h4-5,9,15-16H,6-7H2,1-3H3,(H2,14,17). The number of methoxy groups -OCH3 is 3. The molecule has 0 saturated heterocycles. The number of nitrogens with two attached hydrogens (primary N) is 1. The Morgan fingerprint density at radius 3 is 2.20 bits per heavy atom. The van der Waals surface area contributed by atoms with Gasteiger partial charge in [0.1, 0.15) is 6.10 Å². The minimum atomic E-state index is -1.21. The summed E-state index contributed by atoms with van der Waals surface area (Å²) >= 11 is 0. The zero-order chi connectivity index (χ0) is 15.1. The highest BCUT2D eigenvalue weighted by Gasteiger charge is 2.14. The summed E-state index contributed by atoms with van der Waals surface area (Å²) in [6.45, 7) is 0.493. The third-order valence-corrected chi connectivity index (χ3v) is 2.72. The summed E-state index contributed by atoms with van der Waals surface area (Å²) in [4.78, 5) is 10.7. The van der Waals surface area contributed by atoms with Gasteiger partial charge in [0.15, 0.2) is 11.5 Å². The van der Waals surface area contributed by atoms with Gasteiger partial charge >= 0.3 is 0 Å². The summed E-state index contributed by atoms with van der Waals surface area (Å²) in [6, 6.07) is 3.57. The second kappa shape index (κ2) is 7.56. The predicted molar refractivity (Wildman–Crippen MR) is 73.0 cm³/mol. The molecule has 0 heterocycles. The number of ether oxygens (including phenoxy) is 3. The SMILES string of the molecule is COc1cc(CNCC(O)C(N)=O)cc(OC)c1OC. The molecule has 0 bridgehead atoms. The molecule has 0 saturated carbocycles. The summed E-state index contributed by atoms with van der Waals surface area (Å²) in [5, 5.41) is 12.2. The lowest BCUT2D eigenvalue weighted by Crippen LogP contribution is -2.37. The van der Waals surface area contributed by atoms with Gasteiger partial charge in [-0.25, -0.2) is 0 Å². The van der Waals surface area contributed by atoms with Gasteiger partial charge in [0.25, 0.3) is 0 Å². The quantitative estimate of drug-likeness (QED) is 0.603. The van der Waals surface area contributed by atoms with E-state index in [0.717, 1.165) is 5.56 Å². The maximum atomic E-state index is 10.7. The Balaban J connectivity index is 2.78. The van der Waals surface area contributed by atoms with Crippen LogP contribution in [0.3, 0.4) is 0 Å². The highest BCUT2D eigenvalue weighted by molar-refractivity contribution is 5.78. The van der Waals surface area contributed by atoms with Gasteiger partial charge in [-0.3, -0.25) is 4.79 Å². The molecule has 112 valence electrons. The van der Waals surface area contributed by atoms with Gasteiger partial charge in [-0.1, -0.05) is 0 Å². The number of hydrogen-bond donors (Lipinski definition) is 3. The van der Waals surface area contributed by atoms with Gasteiger partial charge in [0.05, 0.1) is 21.3 Å². The van der Waals surface area contributed by atoms with Crippen LogP contribution in [0.1, 0.15) is 5.56 Å². The molecule has 0 spiro atoms. The lowest BCUT2D eigenvalue weighted by atomic mass is 10.1. The highest BCUT2D eigenvalue weighted by Crippen LogP contribution is 2.38. The molecule has 0 fully saturated rings. The molecule has 1 atom stereocenters. The van der Waals surface area contributed by atoms with Crippen LogP contribution in [0.4, 0.5) is 0 Å². The van der Waals surface area contributed by atoms with Crippen molar-refractivity contribution in [3.8, 4) is 17.2 Å². The Labute approximate surface area is 117 Å². The maximum absolute atomic E-state index is 10.7. The molecule has 1 rings (SSSR count). The number of carbonyl (C=O) groups excluding carboxylic acids is 1. The number of nitrogens with one attached hydrogen (secondary N) is 1. The summed E-state index contributed by atoms with van der Waals surface area (Å²) in [5.41, 5.74) is 5.82. The van der Waals surface area contributed by atoms with Gasteiger partial charge in [-0.05, 0) is 17.7 Å².